The fraction of sp³-hybridized carbons (Fsp3) is 0.400. The first-order valence-electron chi connectivity index (χ1n) is 6.19. The van der Waals surface area contributed by atoms with Crippen LogP contribution in [0.3, 0.4) is 0 Å². The molecular weight excluding hydrogens is 208 g/mol. The molecule has 0 N–H and O–H groups in total. The smallest absolute Gasteiger partial charge is 0.0659 e. The third-order valence-electron chi connectivity index (χ3n) is 3.80. The second-order valence-electron chi connectivity index (χ2n) is 5.08. The van der Waals surface area contributed by atoms with Crippen LogP contribution in [0.4, 0.5) is 0 Å². The molecule has 0 spiro atoms. The van der Waals surface area contributed by atoms with Gasteiger partial charge < -0.3 is 4.57 Å². The molecule has 0 atom stereocenters. The lowest BCUT2D eigenvalue weighted by atomic mass is 9.99. The second-order valence-corrected chi connectivity index (χ2v) is 5.08. The SMILES string of the molecule is CC1=NCCc2c1n(C)c1cc(C)cc(C)c21. The minimum atomic E-state index is 0.936. The van der Waals surface area contributed by atoms with Crippen molar-refractivity contribution in [2.75, 3.05) is 6.54 Å². The summed E-state index contributed by atoms with van der Waals surface area (Å²) in [5.74, 6) is 0. The number of hydrogen-bond acceptors (Lipinski definition) is 1. The van der Waals surface area contributed by atoms with Crippen LogP contribution in [0.25, 0.3) is 10.9 Å². The second kappa shape index (κ2) is 3.46. The average molecular weight is 226 g/mol. The highest BCUT2D eigenvalue weighted by Gasteiger charge is 2.20. The molecule has 2 aromatic rings. The van der Waals surface area contributed by atoms with E-state index in [0.29, 0.717) is 0 Å². The predicted molar refractivity (Wildman–Crippen MR) is 73.2 cm³/mol. The number of aryl methyl sites for hydroxylation is 3. The molecule has 17 heavy (non-hydrogen) atoms. The highest BCUT2D eigenvalue weighted by molar-refractivity contribution is 6.06. The Morgan fingerprint density at radius 2 is 1.94 bits per heavy atom. The van der Waals surface area contributed by atoms with Crippen molar-refractivity contribution in [1.82, 2.24) is 4.57 Å². The third-order valence-corrected chi connectivity index (χ3v) is 3.80. The molecule has 0 aliphatic carbocycles. The van der Waals surface area contributed by atoms with Crippen molar-refractivity contribution in [3.8, 4) is 0 Å². The van der Waals surface area contributed by atoms with Crippen LogP contribution in [0.5, 0.6) is 0 Å². The molecule has 3 rings (SSSR count). The van der Waals surface area contributed by atoms with Crippen LogP contribution < -0.4 is 0 Å². The minimum absolute atomic E-state index is 0.936. The summed E-state index contributed by atoms with van der Waals surface area (Å²) in [6.07, 6.45) is 1.08. The van der Waals surface area contributed by atoms with Gasteiger partial charge in [-0.05, 0) is 49.9 Å². The fourth-order valence-corrected chi connectivity index (χ4v) is 3.16. The Morgan fingerprint density at radius 1 is 1.18 bits per heavy atom. The summed E-state index contributed by atoms with van der Waals surface area (Å²) in [5.41, 5.74) is 8.09. The Kier molecular flexibility index (Phi) is 2.15. The average Bonchev–Trinajstić information content (AvgIpc) is 2.54. The van der Waals surface area contributed by atoms with Gasteiger partial charge in [-0.25, -0.2) is 0 Å². The molecule has 0 saturated heterocycles. The molecule has 0 fully saturated rings. The van der Waals surface area contributed by atoms with Crippen LogP contribution in [0.15, 0.2) is 17.1 Å². The summed E-state index contributed by atoms with van der Waals surface area (Å²) in [5, 5.41) is 1.45. The molecule has 0 saturated carbocycles. The van der Waals surface area contributed by atoms with Gasteiger partial charge in [-0.15, -0.1) is 0 Å². The van der Waals surface area contributed by atoms with E-state index in [4.69, 9.17) is 0 Å². The number of aliphatic imine (C=N–C) groups is 1. The third kappa shape index (κ3) is 1.36. The van der Waals surface area contributed by atoms with Gasteiger partial charge in [0.05, 0.1) is 11.4 Å². The first-order chi connectivity index (χ1) is 8.09. The Hall–Kier alpha value is -1.57. The molecule has 2 heteroatoms. The molecule has 88 valence electrons. The maximum atomic E-state index is 4.58. The summed E-state index contributed by atoms with van der Waals surface area (Å²) >= 11 is 0. The lowest BCUT2D eigenvalue weighted by Crippen LogP contribution is -2.12. The van der Waals surface area contributed by atoms with Gasteiger partial charge in [0.15, 0.2) is 0 Å². The van der Waals surface area contributed by atoms with Crippen molar-refractivity contribution in [2.24, 2.45) is 12.0 Å². The van der Waals surface area contributed by atoms with Gasteiger partial charge in [0.1, 0.15) is 0 Å². The van der Waals surface area contributed by atoms with Crippen LogP contribution in [-0.2, 0) is 13.5 Å². The molecule has 0 radical (unpaired) electrons. The van der Waals surface area contributed by atoms with Crippen LogP contribution in [0, 0.1) is 13.8 Å². The first-order valence-corrected chi connectivity index (χ1v) is 6.19. The van der Waals surface area contributed by atoms with E-state index in [1.54, 1.807) is 0 Å². The van der Waals surface area contributed by atoms with Gasteiger partial charge in [-0.1, -0.05) is 6.07 Å². The number of fused-ring (bicyclic) bond motifs is 3. The van der Waals surface area contributed by atoms with Gasteiger partial charge in [0, 0.05) is 24.5 Å². The number of nitrogens with zero attached hydrogens (tertiary/aromatic N) is 2. The molecule has 2 heterocycles. The van der Waals surface area contributed by atoms with E-state index in [2.05, 4.69) is 49.5 Å². The Balaban J connectivity index is 2.50. The zero-order chi connectivity index (χ0) is 12.2. The molecule has 0 unspecified atom stereocenters. The predicted octanol–water partition coefficient (Wildman–Crippen LogP) is 3.16. The summed E-state index contributed by atoms with van der Waals surface area (Å²) < 4.78 is 2.31. The normalized spacial score (nSPS) is 14.9. The van der Waals surface area contributed by atoms with E-state index < -0.39 is 0 Å². The molecule has 1 aromatic heterocycles. The minimum Gasteiger partial charge on any atom is -0.342 e. The van der Waals surface area contributed by atoms with Gasteiger partial charge in [0.25, 0.3) is 0 Å². The topological polar surface area (TPSA) is 17.3 Å². The van der Waals surface area contributed by atoms with E-state index in [0.717, 1.165) is 13.0 Å². The molecule has 0 bridgehead atoms. The molecule has 1 aromatic carbocycles. The standard InChI is InChI=1S/C15H18N2/c1-9-7-10(2)14-12-5-6-16-11(3)15(12)17(4)13(14)8-9/h7-8H,5-6H2,1-4H3. The van der Waals surface area contributed by atoms with Gasteiger partial charge in [-0.3, -0.25) is 4.99 Å². The van der Waals surface area contributed by atoms with E-state index >= 15 is 0 Å². The van der Waals surface area contributed by atoms with E-state index in [9.17, 15) is 0 Å². The van der Waals surface area contributed by atoms with Gasteiger partial charge in [-0.2, -0.15) is 0 Å². The van der Waals surface area contributed by atoms with Crippen LogP contribution in [0.2, 0.25) is 0 Å². The van der Waals surface area contributed by atoms with Crippen LogP contribution >= 0.6 is 0 Å². The Labute approximate surface area is 102 Å². The van der Waals surface area contributed by atoms with E-state index in [1.165, 1.54) is 39.0 Å². The zero-order valence-corrected chi connectivity index (χ0v) is 11.0. The summed E-state index contributed by atoms with van der Waals surface area (Å²) in [6.45, 7) is 7.44. The number of hydrogen-bond donors (Lipinski definition) is 0. The van der Waals surface area contributed by atoms with Crippen molar-refractivity contribution in [1.29, 1.82) is 0 Å². The van der Waals surface area contributed by atoms with Gasteiger partial charge in [0.2, 0.25) is 0 Å². The summed E-state index contributed by atoms with van der Waals surface area (Å²) in [4.78, 5) is 4.58. The quantitative estimate of drug-likeness (QED) is 0.656. The highest BCUT2D eigenvalue weighted by Crippen LogP contribution is 2.31. The van der Waals surface area contributed by atoms with Gasteiger partial charge >= 0.3 is 0 Å². The molecule has 2 nitrogen and oxygen atoms in total. The molecule has 1 aliphatic heterocycles. The molecule has 0 amide bonds. The van der Waals surface area contributed by atoms with E-state index in [-0.39, 0.29) is 0 Å². The number of rotatable bonds is 0. The first kappa shape index (κ1) is 10.6. The van der Waals surface area contributed by atoms with Crippen LogP contribution in [0.1, 0.15) is 29.3 Å². The van der Waals surface area contributed by atoms with E-state index in [1.807, 2.05) is 0 Å². The Bertz CT molecular complexity index is 645. The zero-order valence-electron chi connectivity index (χ0n) is 11.0. The van der Waals surface area contributed by atoms with Crippen molar-refractivity contribution in [2.45, 2.75) is 27.2 Å². The summed E-state index contributed by atoms with van der Waals surface area (Å²) in [7, 11) is 2.16. The number of benzene rings is 1. The van der Waals surface area contributed by atoms with Crippen molar-refractivity contribution < 1.29 is 0 Å². The monoisotopic (exact) mass is 226 g/mol. The maximum absolute atomic E-state index is 4.58. The number of aromatic nitrogens is 1. The molecule has 1 aliphatic rings. The maximum Gasteiger partial charge on any atom is 0.0659 e. The lowest BCUT2D eigenvalue weighted by molar-refractivity contribution is 0.885. The van der Waals surface area contributed by atoms with Crippen molar-refractivity contribution >= 4 is 16.6 Å². The Morgan fingerprint density at radius 3 is 2.71 bits per heavy atom. The summed E-state index contributed by atoms with van der Waals surface area (Å²) in [6, 6.07) is 4.57. The molecular formula is C15H18N2. The fourth-order valence-electron chi connectivity index (χ4n) is 3.16. The lowest BCUT2D eigenvalue weighted by Gasteiger charge is -2.12. The van der Waals surface area contributed by atoms with Crippen LogP contribution in [-0.4, -0.2) is 16.8 Å². The largest absolute Gasteiger partial charge is 0.342 e. The highest BCUT2D eigenvalue weighted by atomic mass is 15.0. The van der Waals surface area contributed by atoms with Crippen molar-refractivity contribution in [3.05, 3.63) is 34.5 Å². The van der Waals surface area contributed by atoms with Crippen molar-refractivity contribution in [3.63, 3.8) is 0 Å².